The zero-order chi connectivity index (χ0) is 17.8. The number of pyridine rings is 1. The maximum Gasteiger partial charge on any atom is 0.263 e. The molecule has 25 heavy (non-hydrogen) atoms. The molecule has 2 aromatic rings. The molecular weight excluding hydrogens is 334 g/mol. The summed E-state index contributed by atoms with van der Waals surface area (Å²) in [7, 11) is 2.16. The van der Waals surface area contributed by atoms with Gasteiger partial charge in [-0.25, -0.2) is 9.97 Å². The number of thiazole rings is 1. The molecule has 3 heterocycles. The molecule has 0 atom stereocenters. The number of carbonyl (C=O) groups excluding carboxylic acids is 1. The molecule has 1 amide bonds. The van der Waals surface area contributed by atoms with E-state index in [2.05, 4.69) is 32.1 Å². The van der Waals surface area contributed by atoms with Gasteiger partial charge in [0, 0.05) is 37.9 Å². The lowest BCUT2D eigenvalue weighted by Gasteiger charge is -2.24. The third kappa shape index (κ3) is 4.35. The van der Waals surface area contributed by atoms with Gasteiger partial charge in [-0.15, -0.1) is 11.3 Å². The third-order valence-corrected chi connectivity index (χ3v) is 5.51. The second-order valence-electron chi connectivity index (χ2n) is 6.46. The number of rotatable bonds is 4. The number of carbonyl (C=O) groups is 1. The molecule has 1 saturated heterocycles. The van der Waals surface area contributed by atoms with Gasteiger partial charge in [-0.3, -0.25) is 4.79 Å². The topological polar surface area (TPSA) is 61.4 Å². The lowest BCUT2D eigenvalue weighted by molar-refractivity contribution is 0.0954. The summed E-state index contributed by atoms with van der Waals surface area (Å²) < 4.78 is 0. The average molecular weight is 359 g/mol. The molecule has 0 aromatic carbocycles. The van der Waals surface area contributed by atoms with Crippen molar-refractivity contribution in [2.75, 3.05) is 38.1 Å². The molecular formula is C18H25N5OS. The second-order valence-corrected chi connectivity index (χ2v) is 7.66. The normalized spacial score (nSPS) is 15.9. The fourth-order valence-electron chi connectivity index (χ4n) is 3.11. The number of likely N-dealkylation sites (N-methyl/N-ethyl adjacent to an activating group) is 1. The van der Waals surface area contributed by atoms with Gasteiger partial charge in [0.2, 0.25) is 0 Å². The van der Waals surface area contributed by atoms with Gasteiger partial charge in [-0.05, 0) is 39.9 Å². The smallest absolute Gasteiger partial charge is 0.263 e. The van der Waals surface area contributed by atoms with Crippen molar-refractivity contribution in [2.24, 2.45) is 0 Å². The highest BCUT2D eigenvalue weighted by Crippen LogP contribution is 2.20. The summed E-state index contributed by atoms with van der Waals surface area (Å²) in [4.78, 5) is 26.7. The van der Waals surface area contributed by atoms with Crippen molar-refractivity contribution in [3.05, 3.63) is 39.5 Å². The van der Waals surface area contributed by atoms with E-state index in [0.717, 1.165) is 54.7 Å². The van der Waals surface area contributed by atoms with Gasteiger partial charge in [0.15, 0.2) is 0 Å². The van der Waals surface area contributed by atoms with Gasteiger partial charge >= 0.3 is 0 Å². The number of aryl methyl sites for hydroxylation is 2. The van der Waals surface area contributed by atoms with Crippen molar-refractivity contribution in [1.82, 2.24) is 20.2 Å². The van der Waals surface area contributed by atoms with Crippen LogP contribution in [0.5, 0.6) is 0 Å². The Balaban J connectivity index is 1.70. The quantitative estimate of drug-likeness (QED) is 0.907. The van der Waals surface area contributed by atoms with Crippen LogP contribution < -0.4 is 10.2 Å². The van der Waals surface area contributed by atoms with E-state index in [0.29, 0.717) is 11.4 Å². The number of hydrogen-bond donors (Lipinski definition) is 1. The minimum atomic E-state index is -0.0616. The Bertz CT molecular complexity index is 745. The average Bonchev–Trinajstić information content (AvgIpc) is 2.80. The van der Waals surface area contributed by atoms with E-state index in [1.54, 1.807) is 0 Å². The first kappa shape index (κ1) is 17.8. The van der Waals surface area contributed by atoms with E-state index in [9.17, 15) is 4.79 Å². The molecule has 1 N–H and O–H groups in total. The number of hydrogen-bond acceptors (Lipinski definition) is 6. The fourth-order valence-corrected chi connectivity index (χ4v) is 3.95. The molecule has 0 radical (unpaired) electrons. The monoisotopic (exact) mass is 359 g/mol. The molecule has 0 aliphatic carbocycles. The maximum absolute atomic E-state index is 12.5. The molecule has 0 bridgehead atoms. The molecule has 134 valence electrons. The van der Waals surface area contributed by atoms with E-state index in [1.807, 2.05) is 32.2 Å². The lowest BCUT2D eigenvalue weighted by atomic mass is 10.2. The van der Waals surface area contributed by atoms with Crippen LogP contribution in [0, 0.1) is 13.8 Å². The highest BCUT2D eigenvalue weighted by molar-refractivity contribution is 7.13. The van der Waals surface area contributed by atoms with Gasteiger partial charge in [0.1, 0.15) is 10.7 Å². The van der Waals surface area contributed by atoms with Crippen LogP contribution in [0.25, 0.3) is 0 Å². The lowest BCUT2D eigenvalue weighted by Crippen LogP contribution is -2.31. The number of aromatic nitrogens is 2. The minimum absolute atomic E-state index is 0.0616. The Hall–Kier alpha value is -1.99. The predicted octanol–water partition coefficient (Wildman–Crippen LogP) is 2.23. The Labute approximate surface area is 152 Å². The molecule has 0 unspecified atom stereocenters. The van der Waals surface area contributed by atoms with Crippen LogP contribution in [-0.2, 0) is 6.54 Å². The van der Waals surface area contributed by atoms with E-state index in [-0.39, 0.29) is 5.91 Å². The SMILES string of the molecule is Cc1nc(C)c(C(=O)NCc2cccnc2N2CCCN(C)CC2)s1. The molecule has 1 fully saturated rings. The van der Waals surface area contributed by atoms with Crippen molar-refractivity contribution in [2.45, 2.75) is 26.8 Å². The third-order valence-electron chi connectivity index (χ3n) is 4.44. The van der Waals surface area contributed by atoms with E-state index in [1.165, 1.54) is 11.3 Å². The van der Waals surface area contributed by atoms with Crippen LogP contribution in [0.3, 0.4) is 0 Å². The van der Waals surface area contributed by atoms with Crippen molar-refractivity contribution in [1.29, 1.82) is 0 Å². The van der Waals surface area contributed by atoms with Gasteiger partial charge in [0.05, 0.1) is 10.7 Å². The molecule has 0 spiro atoms. The van der Waals surface area contributed by atoms with Crippen LogP contribution in [0.4, 0.5) is 5.82 Å². The van der Waals surface area contributed by atoms with E-state index in [4.69, 9.17) is 0 Å². The van der Waals surface area contributed by atoms with Crippen molar-refractivity contribution < 1.29 is 4.79 Å². The zero-order valence-electron chi connectivity index (χ0n) is 15.1. The highest BCUT2D eigenvalue weighted by atomic mass is 32.1. The summed E-state index contributed by atoms with van der Waals surface area (Å²) in [5.41, 5.74) is 1.85. The second kappa shape index (κ2) is 7.93. The number of nitrogens with zero attached hydrogens (tertiary/aromatic N) is 4. The molecule has 3 rings (SSSR count). The van der Waals surface area contributed by atoms with Crippen LogP contribution in [0.1, 0.15) is 32.4 Å². The molecule has 2 aromatic heterocycles. The number of nitrogens with one attached hydrogen (secondary N) is 1. The van der Waals surface area contributed by atoms with Crippen molar-refractivity contribution >= 4 is 23.1 Å². The van der Waals surface area contributed by atoms with Gasteiger partial charge in [-0.2, -0.15) is 0 Å². The molecule has 7 heteroatoms. The largest absolute Gasteiger partial charge is 0.355 e. The van der Waals surface area contributed by atoms with E-state index >= 15 is 0 Å². The molecule has 1 aliphatic rings. The summed E-state index contributed by atoms with van der Waals surface area (Å²) in [5, 5.41) is 3.94. The first-order valence-corrected chi connectivity index (χ1v) is 9.46. The maximum atomic E-state index is 12.5. The predicted molar refractivity (Wildman–Crippen MR) is 101 cm³/mol. The fraction of sp³-hybridized carbons (Fsp3) is 0.500. The van der Waals surface area contributed by atoms with Gasteiger partial charge < -0.3 is 15.1 Å². The Morgan fingerprint density at radius 1 is 1.28 bits per heavy atom. The highest BCUT2D eigenvalue weighted by Gasteiger charge is 2.18. The summed E-state index contributed by atoms with van der Waals surface area (Å²) in [6.45, 7) is 8.37. The Kier molecular flexibility index (Phi) is 5.65. The van der Waals surface area contributed by atoms with Crippen LogP contribution in [0.2, 0.25) is 0 Å². The van der Waals surface area contributed by atoms with Gasteiger partial charge in [0.25, 0.3) is 5.91 Å². The van der Waals surface area contributed by atoms with Crippen molar-refractivity contribution in [3.63, 3.8) is 0 Å². The zero-order valence-corrected chi connectivity index (χ0v) is 15.9. The number of amides is 1. The molecule has 1 aliphatic heterocycles. The Morgan fingerprint density at radius 2 is 2.12 bits per heavy atom. The van der Waals surface area contributed by atoms with Crippen LogP contribution in [0.15, 0.2) is 18.3 Å². The van der Waals surface area contributed by atoms with Gasteiger partial charge in [-0.1, -0.05) is 6.07 Å². The standard InChI is InChI=1S/C18H25N5OS/c1-13-16(25-14(2)21-13)18(24)20-12-15-6-4-7-19-17(15)23-9-5-8-22(3)10-11-23/h4,6-7H,5,8-12H2,1-3H3,(H,20,24). The summed E-state index contributed by atoms with van der Waals surface area (Å²) in [6, 6.07) is 3.97. The Morgan fingerprint density at radius 3 is 2.88 bits per heavy atom. The number of anilines is 1. The van der Waals surface area contributed by atoms with Crippen LogP contribution in [-0.4, -0.2) is 54.0 Å². The first-order valence-electron chi connectivity index (χ1n) is 8.64. The first-order chi connectivity index (χ1) is 12.0. The molecule has 0 saturated carbocycles. The van der Waals surface area contributed by atoms with E-state index < -0.39 is 0 Å². The minimum Gasteiger partial charge on any atom is -0.355 e. The summed E-state index contributed by atoms with van der Waals surface area (Å²) >= 11 is 1.44. The van der Waals surface area contributed by atoms with Crippen LogP contribution >= 0.6 is 11.3 Å². The summed E-state index contributed by atoms with van der Waals surface area (Å²) in [6.07, 6.45) is 2.95. The summed E-state index contributed by atoms with van der Waals surface area (Å²) in [5.74, 6) is 0.920. The molecule has 6 nitrogen and oxygen atoms in total. The van der Waals surface area contributed by atoms with Crippen molar-refractivity contribution in [3.8, 4) is 0 Å².